The lowest BCUT2D eigenvalue weighted by molar-refractivity contribution is 0.578. The fraction of sp³-hybridized carbons (Fsp3) is 0.455. The number of primary sulfonamides is 1. The molecule has 0 heterocycles. The molecule has 0 fully saturated rings. The van der Waals surface area contributed by atoms with Gasteiger partial charge in [0.15, 0.2) is 0 Å². The third-order valence-corrected chi connectivity index (χ3v) is 4.81. The maximum Gasteiger partial charge on any atom is 0.238 e. The Kier molecular flexibility index (Phi) is 5.48. The summed E-state index contributed by atoms with van der Waals surface area (Å²) >= 11 is 0. The van der Waals surface area contributed by atoms with Gasteiger partial charge in [0.05, 0.1) is 10.6 Å². The van der Waals surface area contributed by atoms with Crippen LogP contribution in [0.4, 0.5) is 0 Å². The Balaban J connectivity index is 2.74. The van der Waals surface area contributed by atoms with Gasteiger partial charge in [-0.1, -0.05) is 25.5 Å². The number of rotatable bonds is 7. The molecule has 108 valence electrons. The molecular formula is C11H18N2O4S2. The Bertz CT molecular complexity index is 624. The molecule has 0 radical (unpaired) electrons. The van der Waals surface area contributed by atoms with Crippen molar-refractivity contribution in [3.05, 3.63) is 29.8 Å². The van der Waals surface area contributed by atoms with E-state index < -0.39 is 20.0 Å². The first-order valence-corrected chi connectivity index (χ1v) is 9.03. The van der Waals surface area contributed by atoms with E-state index in [1.54, 1.807) is 6.07 Å². The molecule has 6 nitrogen and oxygen atoms in total. The Morgan fingerprint density at radius 1 is 1.21 bits per heavy atom. The molecule has 19 heavy (non-hydrogen) atoms. The molecule has 0 saturated heterocycles. The second kappa shape index (κ2) is 6.47. The number of nitrogens with one attached hydrogen (secondary N) is 1. The minimum atomic E-state index is -3.77. The molecule has 1 rings (SSSR count). The van der Waals surface area contributed by atoms with Crippen LogP contribution in [0.25, 0.3) is 0 Å². The summed E-state index contributed by atoms with van der Waals surface area (Å²) in [5.41, 5.74) is 0.548. The van der Waals surface area contributed by atoms with E-state index in [9.17, 15) is 16.8 Å². The van der Waals surface area contributed by atoms with Gasteiger partial charge in [0, 0.05) is 6.54 Å². The van der Waals surface area contributed by atoms with Crippen molar-refractivity contribution in [1.29, 1.82) is 0 Å². The van der Waals surface area contributed by atoms with Crippen LogP contribution in [-0.2, 0) is 26.6 Å². The molecule has 3 N–H and O–H groups in total. The van der Waals surface area contributed by atoms with Crippen LogP contribution < -0.4 is 9.86 Å². The first-order chi connectivity index (χ1) is 8.74. The minimum Gasteiger partial charge on any atom is -0.225 e. The van der Waals surface area contributed by atoms with Crippen molar-refractivity contribution in [2.24, 2.45) is 5.14 Å². The highest BCUT2D eigenvalue weighted by atomic mass is 32.2. The molecule has 0 aliphatic heterocycles. The molecule has 0 spiro atoms. The maximum absolute atomic E-state index is 11.6. The first-order valence-electron chi connectivity index (χ1n) is 5.83. The highest BCUT2D eigenvalue weighted by Gasteiger charge is 2.11. The van der Waals surface area contributed by atoms with Crippen molar-refractivity contribution in [1.82, 2.24) is 4.72 Å². The number of hydrogen-bond donors (Lipinski definition) is 2. The molecule has 0 aliphatic rings. The van der Waals surface area contributed by atoms with Gasteiger partial charge in [-0.2, -0.15) is 0 Å². The van der Waals surface area contributed by atoms with E-state index in [2.05, 4.69) is 4.72 Å². The quantitative estimate of drug-likeness (QED) is 0.767. The van der Waals surface area contributed by atoms with Crippen LogP contribution in [0.3, 0.4) is 0 Å². The number of nitrogens with two attached hydrogens (primary N) is 1. The molecule has 0 bridgehead atoms. The van der Waals surface area contributed by atoms with Gasteiger partial charge >= 0.3 is 0 Å². The zero-order valence-electron chi connectivity index (χ0n) is 10.7. The molecule has 8 heteroatoms. The van der Waals surface area contributed by atoms with E-state index in [0.29, 0.717) is 12.0 Å². The molecule has 0 atom stereocenters. The number of hydrogen-bond acceptors (Lipinski definition) is 4. The molecule has 0 aromatic heterocycles. The van der Waals surface area contributed by atoms with Crippen LogP contribution in [0.2, 0.25) is 0 Å². The van der Waals surface area contributed by atoms with Gasteiger partial charge in [-0.25, -0.2) is 26.7 Å². The minimum absolute atomic E-state index is 0.0299. The van der Waals surface area contributed by atoms with Crippen LogP contribution in [0.15, 0.2) is 29.2 Å². The fourth-order valence-electron chi connectivity index (χ4n) is 1.43. The Morgan fingerprint density at radius 3 is 2.47 bits per heavy atom. The SMILES string of the molecule is CCCCS(=O)(=O)NCc1cccc(S(N)(=O)=O)c1. The topological polar surface area (TPSA) is 106 Å². The zero-order chi connectivity index (χ0) is 14.5. The van der Waals surface area contributed by atoms with E-state index in [1.807, 2.05) is 6.92 Å². The third-order valence-electron chi connectivity index (χ3n) is 2.49. The van der Waals surface area contributed by atoms with Crippen molar-refractivity contribution < 1.29 is 16.8 Å². The average molecular weight is 306 g/mol. The molecule has 1 aromatic carbocycles. The number of unbranched alkanes of at least 4 members (excludes halogenated alkanes) is 1. The Labute approximate surface area is 114 Å². The van der Waals surface area contributed by atoms with E-state index in [0.717, 1.165) is 6.42 Å². The molecule has 1 aromatic rings. The van der Waals surface area contributed by atoms with Crippen molar-refractivity contribution in [2.75, 3.05) is 5.75 Å². The number of benzene rings is 1. The summed E-state index contributed by atoms with van der Waals surface area (Å²) in [6.45, 7) is 1.96. The van der Waals surface area contributed by atoms with Crippen molar-refractivity contribution in [3.8, 4) is 0 Å². The summed E-state index contributed by atoms with van der Waals surface area (Å²) < 4.78 is 47.9. The van der Waals surface area contributed by atoms with Gasteiger partial charge in [-0.15, -0.1) is 0 Å². The average Bonchev–Trinajstić information content (AvgIpc) is 2.34. The highest BCUT2D eigenvalue weighted by molar-refractivity contribution is 7.89. The molecule has 0 saturated carbocycles. The van der Waals surface area contributed by atoms with Crippen molar-refractivity contribution >= 4 is 20.0 Å². The molecular weight excluding hydrogens is 288 g/mol. The van der Waals surface area contributed by atoms with E-state index in [1.165, 1.54) is 18.2 Å². The van der Waals surface area contributed by atoms with Crippen LogP contribution >= 0.6 is 0 Å². The monoisotopic (exact) mass is 306 g/mol. The first kappa shape index (κ1) is 16.1. The highest BCUT2D eigenvalue weighted by Crippen LogP contribution is 2.10. The van der Waals surface area contributed by atoms with Gasteiger partial charge in [0.2, 0.25) is 20.0 Å². The molecule has 0 aliphatic carbocycles. The van der Waals surface area contributed by atoms with Gasteiger partial charge in [0.1, 0.15) is 0 Å². The summed E-state index contributed by atoms with van der Waals surface area (Å²) in [6, 6.07) is 5.88. The van der Waals surface area contributed by atoms with Gasteiger partial charge < -0.3 is 0 Å². The lowest BCUT2D eigenvalue weighted by atomic mass is 10.2. The largest absolute Gasteiger partial charge is 0.238 e. The third kappa shape index (κ3) is 5.68. The number of sulfonamides is 2. The van der Waals surface area contributed by atoms with Gasteiger partial charge in [-0.05, 0) is 24.1 Å². The molecule has 0 unspecified atom stereocenters. The van der Waals surface area contributed by atoms with E-state index >= 15 is 0 Å². The fourth-order valence-corrected chi connectivity index (χ4v) is 3.22. The predicted octanol–water partition coefficient (Wildman–Crippen LogP) is 0.554. The molecule has 0 amide bonds. The second-order valence-corrected chi connectivity index (χ2v) is 7.67. The van der Waals surface area contributed by atoms with Crippen LogP contribution in [0.5, 0.6) is 0 Å². The summed E-state index contributed by atoms with van der Waals surface area (Å²) in [5, 5.41) is 5.01. The lowest BCUT2D eigenvalue weighted by Crippen LogP contribution is -2.26. The van der Waals surface area contributed by atoms with E-state index in [4.69, 9.17) is 5.14 Å². The normalized spacial score (nSPS) is 12.5. The van der Waals surface area contributed by atoms with Crippen LogP contribution in [-0.4, -0.2) is 22.6 Å². The lowest BCUT2D eigenvalue weighted by Gasteiger charge is -2.07. The summed E-state index contributed by atoms with van der Waals surface area (Å²) in [7, 11) is -7.09. The van der Waals surface area contributed by atoms with Gasteiger partial charge in [0.25, 0.3) is 0 Å². The van der Waals surface area contributed by atoms with Crippen LogP contribution in [0.1, 0.15) is 25.3 Å². The summed E-state index contributed by atoms with van der Waals surface area (Å²) in [6.07, 6.45) is 1.38. The maximum atomic E-state index is 11.6. The van der Waals surface area contributed by atoms with Crippen LogP contribution in [0, 0.1) is 0 Å². The second-order valence-electron chi connectivity index (χ2n) is 4.19. The summed E-state index contributed by atoms with van der Waals surface area (Å²) in [4.78, 5) is -0.0299. The Morgan fingerprint density at radius 2 is 1.89 bits per heavy atom. The van der Waals surface area contributed by atoms with E-state index in [-0.39, 0.29) is 17.2 Å². The van der Waals surface area contributed by atoms with Crippen molar-refractivity contribution in [3.63, 3.8) is 0 Å². The van der Waals surface area contributed by atoms with Gasteiger partial charge in [-0.3, -0.25) is 0 Å². The smallest absolute Gasteiger partial charge is 0.225 e. The summed E-state index contributed by atoms with van der Waals surface area (Å²) in [5.74, 6) is 0.0678. The standard InChI is InChI=1S/C11H18N2O4S2/c1-2-3-7-18(14,15)13-9-10-5-4-6-11(8-10)19(12,16)17/h4-6,8,13H,2-3,7,9H2,1H3,(H2,12,16,17). The zero-order valence-corrected chi connectivity index (χ0v) is 12.3. The predicted molar refractivity (Wildman–Crippen MR) is 73.3 cm³/mol. The Hall–Kier alpha value is -0.960. The van der Waals surface area contributed by atoms with Crippen molar-refractivity contribution in [2.45, 2.75) is 31.2 Å².